The topological polar surface area (TPSA) is 46.3 Å². The molecular formula is C13H26N2O. The van der Waals surface area contributed by atoms with Crippen LogP contribution in [0, 0.1) is 5.41 Å². The second kappa shape index (κ2) is 4.74. The predicted molar refractivity (Wildman–Crippen MR) is 67.1 cm³/mol. The van der Waals surface area contributed by atoms with Crippen molar-refractivity contribution >= 4 is 5.91 Å². The first kappa shape index (κ1) is 13.5. The number of hydrogen-bond acceptors (Lipinski definition) is 2. The van der Waals surface area contributed by atoms with Crippen molar-refractivity contribution in [3.05, 3.63) is 0 Å². The predicted octanol–water partition coefficient (Wildman–Crippen LogP) is 2.15. The number of nitrogens with two attached hydrogens (primary N) is 1. The van der Waals surface area contributed by atoms with Crippen LogP contribution in [-0.2, 0) is 4.79 Å². The molecule has 3 atom stereocenters. The van der Waals surface area contributed by atoms with E-state index in [0.717, 1.165) is 19.3 Å². The summed E-state index contributed by atoms with van der Waals surface area (Å²) in [6.45, 7) is 10.3. The molecule has 3 nitrogen and oxygen atoms in total. The fraction of sp³-hybridized carbons (Fsp3) is 0.923. The van der Waals surface area contributed by atoms with Gasteiger partial charge in [0.05, 0.1) is 6.04 Å². The maximum atomic E-state index is 12.4. The van der Waals surface area contributed by atoms with Crippen molar-refractivity contribution in [1.29, 1.82) is 0 Å². The minimum absolute atomic E-state index is 0.129. The van der Waals surface area contributed by atoms with Gasteiger partial charge in [0, 0.05) is 12.1 Å². The minimum Gasteiger partial charge on any atom is -0.336 e. The van der Waals surface area contributed by atoms with Crippen LogP contribution >= 0.6 is 0 Å². The molecule has 1 rings (SSSR count). The van der Waals surface area contributed by atoms with Gasteiger partial charge >= 0.3 is 0 Å². The molecule has 2 unspecified atom stereocenters. The Labute approximate surface area is 99.4 Å². The molecule has 16 heavy (non-hydrogen) atoms. The number of hydrogen-bond donors (Lipinski definition) is 1. The molecule has 1 heterocycles. The second-order valence-corrected chi connectivity index (χ2v) is 6.08. The van der Waals surface area contributed by atoms with Crippen molar-refractivity contribution < 1.29 is 4.79 Å². The third-order valence-electron chi connectivity index (χ3n) is 3.71. The van der Waals surface area contributed by atoms with Gasteiger partial charge in [-0.25, -0.2) is 0 Å². The Bertz CT molecular complexity index is 257. The summed E-state index contributed by atoms with van der Waals surface area (Å²) in [6.07, 6.45) is 3.27. The summed E-state index contributed by atoms with van der Waals surface area (Å²) in [4.78, 5) is 14.4. The van der Waals surface area contributed by atoms with Gasteiger partial charge in [0.15, 0.2) is 0 Å². The number of carbonyl (C=O) groups excluding carboxylic acids is 1. The molecule has 1 aliphatic rings. The quantitative estimate of drug-likeness (QED) is 0.784. The van der Waals surface area contributed by atoms with Gasteiger partial charge in [-0.3, -0.25) is 4.79 Å². The van der Waals surface area contributed by atoms with E-state index in [1.54, 1.807) is 0 Å². The van der Waals surface area contributed by atoms with E-state index >= 15 is 0 Å². The average Bonchev–Trinajstić information content (AvgIpc) is 2.56. The lowest BCUT2D eigenvalue weighted by atomic mass is 9.86. The Morgan fingerprint density at radius 2 is 2.00 bits per heavy atom. The van der Waals surface area contributed by atoms with Gasteiger partial charge in [0.25, 0.3) is 0 Å². The number of likely N-dealkylation sites (tertiary alicyclic amines) is 1. The molecule has 0 saturated carbocycles. The van der Waals surface area contributed by atoms with Gasteiger partial charge in [-0.1, -0.05) is 27.7 Å². The molecule has 0 aromatic heterocycles. The van der Waals surface area contributed by atoms with Crippen molar-refractivity contribution in [3.63, 3.8) is 0 Å². The highest BCUT2D eigenvalue weighted by molar-refractivity contribution is 5.83. The fourth-order valence-electron chi connectivity index (χ4n) is 2.40. The minimum atomic E-state index is -0.387. The van der Waals surface area contributed by atoms with Gasteiger partial charge < -0.3 is 10.6 Å². The van der Waals surface area contributed by atoms with Crippen LogP contribution in [0.15, 0.2) is 0 Å². The Hall–Kier alpha value is -0.570. The van der Waals surface area contributed by atoms with E-state index in [4.69, 9.17) is 5.73 Å². The normalized spacial score (nSPS) is 28.2. The van der Waals surface area contributed by atoms with Gasteiger partial charge in [0.2, 0.25) is 5.91 Å². The van der Waals surface area contributed by atoms with Crippen LogP contribution in [0.2, 0.25) is 0 Å². The van der Waals surface area contributed by atoms with E-state index in [1.807, 2.05) is 25.7 Å². The van der Waals surface area contributed by atoms with Crippen molar-refractivity contribution in [2.24, 2.45) is 11.1 Å². The molecule has 2 N–H and O–H groups in total. The molecule has 1 aliphatic heterocycles. The number of amides is 1. The summed E-state index contributed by atoms with van der Waals surface area (Å²) >= 11 is 0. The SMILES string of the molecule is CCC1CCC(C)N1C(=O)[C@@H](N)C(C)(C)C. The van der Waals surface area contributed by atoms with Crippen molar-refractivity contribution in [3.8, 4) is 0 Å². The zero-order chi connectivity index (χ0) is 12.5. The van der Waals surface area contributed by atoms with Gasteiger partial charge in [-0.15, -0.1) is 0 Å². The molecule has 0 aliphatic carbocycles. The van der Waals surface area contributed by atoms with Gasteiger partial charge in [-0.05, 0) is 31.6 Å². The molecule has 1 fully saturated rings. The van der Waals surface area contributed by atoms with Gasteiger partial charge in [0.1, 0.15) is 0 Å². The standard InChI is InChI=1S/C13H26N2O/c1-6-10-8-7-9(2)15(10)12(16)11(14)13(3,4)5/h9-11H,6-8,14H2,1-5H3/t9?,10?,11-/m1/s1. The lowest BCUT2D eigenvalue weighted by molar-refractivity contribution is -0.137. The van der Waals surface area contributed by atoms with Crippen molar-refractivity contribution in [2.75, 3.05) is 0 Å². The Morgan fingerprint density at radius 3 is 2.44 bits per heavy atom. The van der Waals surface area contributed by atoms with Crippen LogP contribution in [0.25, 0.3) is 0 Å². The lowest BCUT2D eigenvalue weighted by Crippen LogP contribution is -2.53. The average molecular weight is 226 g/mol. The molecule has 0 bridgehead atoms. The highest BCUT2D eigenvalue weighted by atomic mass is 16.2. The van der Waals surface area contributed by atoms with Crippen molar-refractivity contribution in [1.82, 2.24) is 4.90 Å². The monoisotopic (exact) mass is 226 g/mol. The van der Waals surface area contributed by atoms with E-state index in [2.05, 4.69) is 13.8 Å². The van der Waals surface area contributed by atoms with E-state index < -0.39 is 0 Å². The first-order valence-corrected chi connectivity index (χ1v) is 6.36. The van der Waals surface area contributed by atoms with Crippen LogP contribution in [0.3, 0.4) is 0 Å². The van der Waals surface area contributed by atoms with Crippen LogP contribution in [-0.4, -0.2) is 28.9 Å². The summed E-state index contributed by atoms with van der Waals surface area (Å²) < 4.78 is 0. The molecule has 1 saturated heterocycles. The Balaban J connectivity index is 2.79. The van der Waals surface area contributed by atoms with E-state index in [1.165, 1.54) is 0 Å². The first-order chi connectivity index (χ1) is 7.29. The molecular weight excluding hydrogens is 200 g/mol. The Kier molecular flexibility index (Phi) is 4.00. The molecule has 1 amide bonds. The van der Waals surface area contributed by atoms with E-state index in [0.29, 0.717) is 12.1 Å². The van der Waals surface area contributed by atoms with Crippen LogP contribution in [0.4, 0.5) is 0 Å². The number of nitrogens with zero attached hydrogens (tertiary/aromatic N) is 1. The zero-order valence-electron chi connectivity index (χ0n) is 11.3. The van der Waals surface area contributed by atoms with Crippen molar-refractivity contribution in [2.45, 2.75) is 72.0 Å². The molecule has 0 aromatic rings. The maximum absolute atomic E-state index is 12.4. The molecule has 0 spiro atoms. The highest BCUT2D eigenvalue weighted by Crippen LogP contribution is 2.29. The van der Waals surface area contributed by atoms with Crippen LogP contribution < -0.4 is 5.73 Å². The summed E-state index contributed by atoms with van der Waals surface area (Å²) in [5, 5.41) is 0. The number of rotatable bonds is 2. The summed E-state index contributed by atoms with van der Waals surface area (Å²) in [7, 11) is 0. The molecule has 0 aromatic carbocycles. The molecule has 0 radical (unpaired) electrons. The lowest BCUT2D eigenvalue weighted by Gasteiger charge is -2.35. The summed E-state index contributed by atoms with van der Waals surface area (Å²) in [5.41, 5.74) is 5.91. The second-order valence-electron chi connectivity index (χ2n) is 6.08. The third-order valence-corrected chi connectivity index (χ3v) is 3.71. The molecule has 3 heteroatoms. The highest BCUT2D eigenvalue weighted by Gasteiger charge is 2.38. The molecule has 94 valence electrons. The van der Waals surface area contributed by atoms with Gasteiger partial charge in [-0.2, -0.15) is 0 Å². The fourth-order valence-corrected chi connectivity index (χ4v) is 2.40. The summed E-state index contributed by atoms with van der Waals surface area (Å²) in [6, 6.07) is 0.365. The maximum Gasteiger partial charge on any atom is 0.240 e. The third kappa shape index (κ3) is 2.57. The zero-order valence-corrected chi connectivity index (χ0v) is 11.3. The van der Waals surface area contributed by atoms with Crippen LogP contribution in [0.5, 0.6) is 0 Å². The number of carbonyl (C=O) groups is 1. The Morgan fingerprint density at radius 1 is 1.44 bits per heavy atom. The summed E-state index contributed by atoms with van der Waals surface area (Å²) in [5.74, 6) is 0.129. The first-order valence-electron chi connectivity index (χ1n) is 6.36. The van der Waals surface area contributed by atoms with E-state index in [-0.39, 0.29) is 17.4 Å². The van der Waals surface area contributed by atoms with Crippen LogP contribution in [0.1, 0.15) is 53.9 Å². The van der Waals surface area contributed by atoms with E-state index in [9.17, 15) is 4.79 Å². The largest absolute Gasteiger partial charge is 0.336 e. The smallest absolute Gasteiger partial charge is 0.240 e.